The maximum absolute atomic E-state index is 12.8. The summed E-state index contributed by atoms with van der Waals surface area (Å²) in [5, 5.41) is 5.29. The third-order valence-corrected chi connectivity index (χ3v) is 2.94. The molecular weight excluding hydrogens is 315 g/mol. The number of urea groups is 1. The summed E-state index contributed by atoms with van der Waals surface area (Å²) >= 11 is 0. The van der Waals surface area contributed by atoms with Gasteiger partial charge in [0.15, 0.2) is 0 Å². The summed E-state index contributed by atoms with van der Waals surface area (Å²) in [4.78, 5) is 23.0. The van der Waals surface area contributed by atoms with E-state index in [1.165, 1.54) is 24.3 Å². The van der Waals surface area contributed by atoms with Gasteiger partial charge in [0.05, 0.1) is 6.61 Å². The number of rotatable bonds is 5. The topological polar surface area (TPSA) is 76.7 Å². The largest absolute Gasteiger partial charge is 0.513 e. The second-order valence-corrected chi connectivity index (χ2v) is 4.74. The monoisotopic (exact) mass is 332 g/mol. The van der Waals surface area contributed by atoms with E-state index in [0.29, 0.717) is 11.4 Å². The Morgan fingerprint density at radius 3 is 2.33 bits per heavy atom. The Balaban J connectivity index is 1.81. The van der Waals surface area contributed by atoms with Gasteiger partial charge in [0.1, 0.15) is 11.6 Å². The van der Waals surface area contributed by atoms with Gasteiger partial charge >= 0.3 is 12.2 Å². The Kier molecular flexibility index (Phi) is 6.13. The van der Waals surface area contributed by atoms with Gasteiger partial charge in [0.2, 0.25) is 0 Å². The summed E-state index contributed by atoms with van der Waals surface area (Å²) < 4.78 is 22.4. The number of anilines is 1. The van der Waals surface area contributed by atoms with E-state index < -0.39 is 12.2 Å². The van der Waals surface area contributed by atoms with E-state index in [1.807, 2.05) is 0 Å². The molecule has 0 heterocycles. The molecule has 0 spiro atoms. The minimum Gasteiger partial charge on any atom is -0.434 e. The highest BCUT2D eigenvalue weighted by atomic mass is 19.1. The highest BCUT2D eigenvalue weighted by molar-refractivity contribution is 5.89. The van der Waals surface area contributed by atoms with Gasteiger partial charge in [-0.05, 0) is 48.9 Å². The fraction of sp³-hybridized carbons (Fsp3) is 0.176. The van der Waals surface area contributed by atoms with Crippen molar-refractivity contribution in [3.8, 4) is 5.75 Å². The van der Waals surface area contributed by atoms with Crippen molar-refractivity contribution >= 4 is 17.9 Å². The van der Waals surface area contributed by atoms with Crippen LogP contribution in [0.15, 0.2) is 48.5 Å². The van der Waals surface area contributed by atoms with Crippen LogP contribution in [0.2, 0.25) is 0 Å². The molecule has 6 nitrogen and oxygen atoms in total. The molecule has 0 saturated carbocycles. The molecule has 0 aliphatic rings. The highest BCUT2D eigenvalue weighted by Gasteiger charge is 2.06. The van der Waals surface area contributed by atoms with Crippen molar-refractivity contribution in [1.29, 1.82) is 0 Å². The van der Waals surface area contributed by atoms with Gasteiger partial charge in [0.25, 0.3) is 0 Å². The molecular formula is C17H17FN2O4. The van der Waals surface area contributed by atoms with E-state index in [2.05, 4.69) is 15.4 Å². The van der Waals surface area contributed by atoms with Crippen LogP contribution >= 0.6 is 0 Å². The van der Waals surface area contributed by atoms with Gasteiger partial charge in [0, 0.05) is 12.2 Å². The number of amides is 2. The summed E-state index contributed by atoms with van der Waals surface area (Å²) in [5.41, 5.74) is 1.31. The number of halogens is 1. The van der Waals surface area contributed by atoms with Gasteiger partial charge in [-0.15, -0.1) is 0 Å². The number of benzene rings is 2. The molecule has 126 valence electrons. The zero-order valence-corrected chi connectivity index (χ0v) is 13.0. The molecule has 2 aromatic rings. The lowest BCUT2D eigenvalue weighted by molar-refractivity contribution is 0.104. The minimum atomic E-state index is -0.782. The lowest BCUT2D eigenvalue weighted by Gasteiger charge is -2.09. The molecule has 2 aromatic carbocycles. The van der Waals surface area contributed by atoms with Crippen molar-refractivity contribution in [1.82, 2.24) is 5.32 Å². The van der Waals surface area contributed by atoms with Gasteiger partial charge in [-0.2, -0.15) is 0 Å². The van der Waals surface area contributed by atoms with Gasteiger partial charge < -0.3 is 20.1 Å². The Hall–Kier alpha value is -3.09. The fourth-order valence-corrected chi connectivity index (χ4v) is 1.81. The SMILES string of the molecule is CCOC(=O)Oc1ccc(NC(=O)NCc2ccc(F)cc2)cc1. The number of carbonyl (C=O) groups excluding carboxylic acids is 2. The first-order valence-electron chi connectivity index (χ1n) is 7.31. The molecule has 7 heteroatoms. The van der Waals surface area contributed by atoms with E-state index in [-0.39, 0.29) is 19.0 Å². The van der Waals surface area contributed by atoms with E-state index in [9.17, 15) is 14.0 Å². The average Bonchev–Trinajstić information content (AvgIpc) is 2.56. The van der Waals surface area contributed by atoms with Crippen LogP contribution in [-0.2, 0) is 11.3 Å². The molecule has 0 atom stereocenters. The van der Waals surface area contributed by atoms with Crippen LogP contribution in [0.5, 0.6) is 5.75 Å². The smallest absolute Gasteiger partial charge is 0.434 e. The third kappa shape index (κ3) is 5.60. The Morgan fingerprint density at radius 1 is 1.04 bits per heavy atom. The van der Waals surface area contributed by atoms with E-state index >= 15 is 0 Å². The number of ether oxygens (including phenoxy) is 2. The van der Waals surface area contributed by atoms with E-state index in [0.717, 1.165) is 5.56 Å². The predicted molar refractivity (Wildman–Crippen MR) is 86.4 cm³/mol. The van der Waals surface area contributed by atoms with Crippen LogP contribution in [0.3, 0.4) is 0 Å². The van der Waals surface area contributed by atoms with Crippen LogP contribution in [-0.4, -0.2) is 18.8 Å². The quantitative estimate of drug-likeness (QED) is 0.647. The summed E-state index contributed by atoms with van der Waals surface area (Å²) in [5.74, 6) is -0.0148. The first-order valence-corrected chi connectivity index (χ1v) is 7.31. The van der Waals surface area contributed by atoms with Crippen LogP contribution in [0.25, 0.3) is 0 Å². The van der Waals surface area contributed by atoms with Gasteiger partial charge in [-0.1, -0.05) is 12.1 Å². The Labute approximate surface area is 138 Å². The molecule has 2 rings (SSSR count). The third-order valence-electron chi connectivity index (χ3n) is 2.94. The first kappa shape index (κ1) is 17.3. The molecule has 0 unspecified atom stereocenters. The lowest BCUT2D eigenvalue weighted by Crippen LogP contribution is -2.28. The van der Waals surface area contributed by atoms with Crippen molar-refractivity contribution in [3.05, 3.63) is 59.9 Å². The van der Waals surface area contributed by atoms with Crippen molar-refractivity contribution in [2.75, 3.05) is 11.9 Å². The van der Waals surface area contributed by atoms with Crippen LogP contribution in [0.4, 0.5) is 19.7 Å². The fourth-order valence-electron chi connectivity index (χ4n) is 1.81. The van der Waals surface area contributed by atoms with E-state index in [1.54, 1.807) is 31.2 Å². The second-order valence-electron chi connectivity index (χ2n) is 4.74. The molecule has 2 N–H and O–H groups in total. The molecule has 0 saturated heterocycles. The minimum absolute atomic E-state index is 0.229. The molecule has 24 heavy (non-hydrogen) atoms. The number of hydrogen-bond acceptors (Lipinski definition) is 4. The maximum atomic E-state index is 12.8. The first-order chi connectivity index (χ1) is 11.6. The highest BCUT2D eigenvalue weighted by Crippen LogP contribution is 2.16. The molecule has 0 aliphatic carbocycles. The standard InChI is InChI=1S/C17H17FN2O4/c1-2-23-17(22)24-15-9-7-14(8-10-15)20-16(21)19-11-12-3-5-13(18)6-4-12/h3-10H,2,11H2,1H3,(H2,19,20,21). The summed E-state index contributed by atoms with van der Waals surface area (Å²) in [7, 11) is 0. The Morgan fingerprint density at radius 2 is 1.71 bits per heavy atom. The second kappa shape index (κ2) is 8.52. The predicted octanol–water partition coefficient (Wildman–Crippen LogP) is 3.68. The van der Waals surface area contributed by atoms with E-state index in [4.69, 9.17) is 4.74 Å². The number of carbonyl (C=O) groups is 2. The summed E-state index contributed by atoms with van der Waals surface area (Å²) in [6.45, 7) is 2.18. The zero-order chi connectivity index (χ0) is 17.4. The van der Waals surface area contributed by atoms with Crippen LogP contribution < -0.4 is 15.4 Å². The molecule has 2 amide bonds. The lowest BCUT2D eigenvalue weighted by atomic mass is 10.2. The molecule has 0 aliphatic heterocycles. The number of nitrogens with one attached hydrogen (secondary N) is 2. The summed E-state index contributed by atoms with van der Waals surface area (Å²) in [6.07, 6.45) is -0.782. The van der Waals surface area contributed by atoms with Gasteiger partial charge in [-0.3, -0.25) is 0 Å². The molecule has 0 radical (unpaired) electrons. The van der Waals surface area contributed by atoms with Crippen molar-refractivity contribution in [3.63, 3.8) is 0 Å². The van der Waals surface area contributed by atoms with Crippen LogP contribution in [0, 0.1) is 5.82 Å². The van der Waals surface area contributed by atoms with Crippen molar-refractivity contribution in [2.45, 2.75) is 13.5 Å². The molecule has 0 bridgehead atoms. The molecule has 0 fully saturated rings. The van der Waals surface area contributed by atoms with Crippen molar-refractivity contribution < 1.29 is 23.5 Å². The maximum Gasteiger partial charge on any atom is 0.513 e. The van der Waals surface area contributed by atoms with Gasteiger partial charge in [-0.25, -0.2) is 14.0 Å². The number of hydrogen-bond donors (Lipinski definition) is 2. The van der Waals surface area contributed by atoms with Crippen LogP contribution in [0.1, 0.15) is 12.5 Å². The normalized spacial score (nSPS) is 9.92. The average molecular weight is 332 g/mol. The van der Waals surface area contributed by atoms with Crippen molar-refractivity contribution in [2.24, 2.45) is 0 Å². The molecule has 0 aromatic heterocycles. The zero-order valence-electron chi connectivity index (χ0n) is 13.0. The Bertz CT molecular complexity index is 687. The summed E-state index contributed by atoms with van der Waals surface area (Å²) in [6, 6.07) is 11.7.